The molecule has 4 atom stereocenters. The van der Waals surface area contributed by atoms with Crippen LogP contribution in [-0.4, -0.2) is 97.1 Å². The van der Waals surface area contributed by atoms with Crippen molar-refractivity contribution in [3.8, 4) is 0 Å². The van der Waals surface area contributed by atoms with Gasteiger partial charge in [0.25, 0.3) is 5.91 Å². The third-order valence-corrected chi connectivity index (χ3v) is 6.87. The number of likely N-dealkylation sites (tertiary alicyclic amines) is 1. The Bertz CT molecular complexity index is 1020. The van der Waals surface area contributed by atoms with E-state index in [1.165, 1.54) is 4.90 Å². The molecular formula is C31H54N4O9. The van der Waals surface area contributed by atoms with Crippen LogP contribution in [0.2, 0.25) is 0 Å². The Morgan fingerprint density at radius 2 is 1.59 bits per heavy atom. The van der Waals surface area contributed by atoms with Crippen molar-refractivity contribution in [3.63, 3.8) is 0 Å². The van der Waals surface area contributed by atoms with Crippen molar-refractivity contribution < 1.29 is 43.0 Å². The monoisotopic (exact) mass is 626 g/mol. The Morgan fingerprint density at radius 3 is 2.11 bits per heavy atom. The number of amides is 4. The maximum absolute atomic E-state index is 14.1. The number of hydrogen-bond acceptors (Lipinski definition) is 9. The number of alkyl carbamates (subject to hydrolysis) is 1. The summed E-state index contributed by atoms with van der Waals surface area (Å²) in [5, 5.41) is 7.59. The van der Waals surface area contributed by atoms with E-state index in [2.05, 4.69) is 20.7 Å². The second kappa shape index (κ2) is 17.3. The zero-order valence-electron chi connectivity index (χ0n) is 28.2. The summed E-state index contributed by atoms with van der Waals surface area (Å²) in [5.74, 6) is -3.67. The van der Waals surface area contributed by atoms with E-state index in [4.69, 9.17) is 9.47 Å². The van der Waals surface area contributed by atoms with E-state index >= 15 is 0 Å². The van der Waals surface area contributed by atoms with Gasteiger partial charge in [0, 0.05) is 13.0 Å². The summed E-state index contributed by atoms with van der Waals surface area (Å²) >= 11 is 0. The number of hydrogen-bond donors (Lipinski definition) is 3. The van der Waals surface area contributed by atoms with Gasteiger partial charge in [0.15, 0.2) is 0 Å². The largest absolute Gasteiger partial charge is 0.468 e. The van der Waals surface area contributed by atoms with Crippen molar-refractivity contribution in [2.24, 2.45) is 11.3 Å². The molecule has 13 heteroatoms. The van der Waals surface area contributed by atoms with Crippen LogP contribution < -0.4 is 16.0 Å². The molecule has 1 fully saturated rings. The number of carbonyl (C=O) groups excluding carboxylic acids is 6. The number of unbranched alkanes of at least 4 members (excludes halogenated alkanes) is 2. The van der Waals surface area contributed by atoms with Crippen LogP contribution in [-0.2, 0) is 38.2 Å². The van der Waals surface area contributed by atoms with Gasteiger partial charge in [-0.05, 0) is 38.5 Å². The molecule has 3 N–H and O–H groups in total. The van der Waals surface area contributed by atoms with Crippen LogP contribution in [0.5, 0.6) is 0 Å². The summed E-state index contributed by atoms with van der Waals surface area (Å²) in [6.45, 7) is 16.5. The Kier molecular flexibility index (Phi) is 15.3. The van der Waals surface area contributed by atoms with Crippen LogP contribution >= 0.6 is 0 Å². The fraction of sp³-hybridized carbons (Fsp3) is 0.806. The molecule has 0 aromatic carbocycles. The maximum Gasteiger partial charge on any atom is 0.407 e. The van der Waals surface area contributed by atoms with Crippen LogP contribution in [0.3, 0.4) is 0 Å². The van der Waals surface area contributed by atoms with Crippen LogP contribution in [0.1, 0.15) is 94.4 Å². The molecule has 4 unspecified atom stereocenters. The standard InChI is InChI=1S/C31H54N4O9/c1-11-12-13-14-21(24(37)27(39)32-16-23(36)42-10)33-26(38)22-15-20(44-31(7,8)9)17-35(22)28(40)25(30(4,5)6)34-29(41)43-18-19(2)3/h19-22,25H,11-18H2,1-10H3,(H,32,39)(H,33,38)(H,34,41). The normalized spacial score (nSPS) is 18.3. The van der Waals surface area contributed by atoms with Gasteiger partial charge in [0.2, 0.25) is 17.6 Å². The number of nitrogens with zero attached hydrogens (tertiary/aromatic N) is 1. The van der Waals surface area contributed by atoms with Crippen LogP contribution in [0.15, 0.2) is 0 Å². The first-order valence-electron chi connectivity index (χ1n) is 15.4. The van der Waals surface area contributed by atoms with E-state index in [1.807, 2.05) is 41.5 Å². The minimum absolute atomic E-state index is 0.0809. The number of methoxy groups -OCH3 is 1. The topological polar surface area (TPSA) is 169 Å². The Labute approximate surface area is 261 Å². The molecule has 1 aliphatic rings. The first-order chi connectivity index (χ1) is 20.3. The maximum atomic E-state index is 14.1. The summed E-state index contributed by atoms with van der Waals surface area (Å²) in [7, 11) is 1.16. The highest BCUT2D eigenvalue weighted by molar-refractivity contribution is 6.38. The molecule has 4 amide bonds. The van der Waals surface area contributed by atoms with Gasteiger partial charge in [-0.3, -0.25) is 24.0 Å². The molecule has 1 aliphatic heterocycles. The molecule has 0 aromatic rings. The van der Waals surface area contributed by atoms with Crippen molar-refractivity contribution in [1.82, 2.24) is 20.9 Å². The third kappa shape index (κ3) is 13.2. The minimum atomic E-state index is -1.17. The number of carbonyl (C=O) groups is 6. The molecule has 0 aromatic heterocycles. The van der Waals surface area contributed by atoms with Crippen molar-refractivity contribution in [2.75, 3.05) is 26.8 Å². The van der Waals surface area contributed by atoms with E-state index in [0.29, 0.717) is 6.42 Å². The summed E-state index contributed by atoms with van der Waals surface area (Å²) in [5.41, 5.74) is -1.31. The number of ether oxygens (including phenoxy) is 3. The van der Waals surface area contributed by atoms with E-state index in [1.54, 1.807) is 20.8 Å². The molecule has 44 heavy (non-hydrogen) atoms. The van der Waals surface area contributed by atoms with E-state index in [0.717, 1.165) is 20.0 Å². The molecule has 0 aliphatic carbocycles. The SMILES string of the molecule is CCCCCC(NC(=O)C1CC(OC(C)(C)C)CN1C(=O)C(NC(=O)OCC(C)C)C(C)(C)C)C(=O)C(=O)NCC(=O)OC. The smallest absolute Gasteiger partial charge is 0.407 e. The molecule has 252 valence electrons. The average molecular weight is 627 g/mol. The first-order valence-corrected chi connectivity index (χ1v) is 15.4. The molecule has 0 radical (unpaired) electrons. The number of ketones is 1. The Morgan fingerprint density at radius 1 is 0.955 bits per heavy atom. The number of Topliss-reactive ketones (excluding diaryl/α,β-unsaturated/α-hetero) is 1. The lowest BCUT2D eigenvalue weighted by Crippen LogP contribution is -2.59. The fourth-order valence-corrected chi connectivity index (χ4v) is 4.70. The predicted octanol–water partition coefficient (Wildman–Crippen LogP) is 2.49. The highest BCUT2D eigenvalue weighted by Crippen LogP contribution is 2.29. The van der Waals surface area contributed by atoms with Crippen LogP contribution in [0.25, 0.3) is 0 Å². The molecular weight excluding hydrogens is 572 g/mol. The predicted molar refractivity (Wildman–Crippen MR) is 163 cm³/mol. The number of esters is 1. The van der Waals surface area contributed by atoms with E-state index < -0.39 is 77.4 Å². The highest BCUT2D eigenvalue weighted by atomic mass is 16.5. The zero-order chi connectivity index (χ0) is 33.8. The first kappa shape index (κ1) is 38.8. The second-order valence-corrected chi connectivity index (χ2v) is 13.7. The van der Waals surface area contributed by atoms with Crippen molar-refractivity contribution in [1.29, 1.82) is 0 Å². The lowest BCUT2D eigenvalue weighted by atomic mass is 9.85. The van der Waals surface area contributed by atoms with Gasteiger partial charge in [-0.25, -0.2) is 4.79 Å². The third-order valence-electron chi connectivity index (χ3n) is 6.87. The van der Waals surface area contributed by atoms with Gasteiger partial charge >= 0.3 is 12.1 Å². The number of nitrogens with one attached hydrogen (secondary N) is 3. The Balaban J connectivity index is 3.31. The van der Waals surface area contributed by atoms with Gasteiger partial charge < -0.3 is 35.1 Å². The van der Waals surface area contributed by atoms with Crippen LogP contribution in [0, 0.1) is 11.3 Å². The fourth-order valence-electron chi connectivity index (χ4n) is 4.70. The minimum Gasteiger partial charge on any atom is -0.468 e. The molecule has 0 saturated carbocycles. The van der Waals surface area contributed by atoms with E-state index in [9.17, 15) is 28.8 Å². The van der Waals surface area contributed by atoms with E-state index in [-0.39, 0.29) is 31.9 Å². The second-order valence-electron chi connectivity index (χ2n) is 13.7. The van der Waals surface area contributed by atoms with Crippen molar-refractivity contribution in [3.05, 3.63) is 0 Å². The summed E-state index contributed by atoms with van der Waals surface area (Å²) < 4.78 is 15.9. The average Bonchev–Trinajstić information content (AvgIpc) is 3.33. The molecule has 13 nitrogen and oxygen atoms in total. The highest BCUT2D eigenvalue weighted by Gasteiger charge is 2.46. The molecule has 1 saturated heterocycles. The Hall–Kier alpha value is -3.22. The van der Waals surface area contributed by atoms with Gasteiger partial charge in [0.1, 0.15) is 18.6 Å². The van der Waals surface area contributed by atoms with Gasteiger partial charge in [-0.2, -0.15) is 0 Å². The molecule has 0 spiro atoms. The number of rotatable bonds is 15. The molecule has 1 rings (SSSR count). The lowest BCUT2D eigenvalue weighted by Gasteiger charge is -2.35. The van der Waals surface area contributed by atoms with Gasteiger partial charge in [0.05, 0.1) is 31.5 Å². The molecule has 0 bridgehead atoms. The molecule has 1 heterocycles. The quantitative estimate of drug-likeness (QED) is 0.140. The lowest BCUT2D eigenvalue weighted by molar-refractivity contribution is -0.145. The van der Waals surface area contributed by atoms with Crippen molar-refractivity contribution >= 4 is 35.6 Å². The van der Waals surface area contributed by atoms with Gasteiger partial charge in [-0.15, -0.1) is 0 Å². The van der Waals surface area contributed by atoms with Crippen LogP contribution in [0.4, 0.5) is 4.79 Å². The van der Waals surface area contributed by atoms with Gasteiger partial charge in [-0.1, -0.05) is 60.8 Å². The zero-order valence-corrected chi connectivity index (χ0v) is 28.2. The summed E-state index contributed by atoms with van der Waals surface area (Å²) in [4.78, 5) is 78.9. The van der Waals surface area contributed by atoms with Crippen molar-refractivity contribution in [2.45, 2.75) is 124 Å². The summed E-state index contributed by atoms with van der Waals surface area (Å²) in [6.07, 6.45) is 1.28. The summed E-state index contributed by atoms with van der Waals surface area (Å²) in [6, 6.07) is -3.24.